The van der Waals surface area contributed by atoms with Crippen LogP contribution in [0.1, 0.15) is 24.3 Å². The molecule has 0 aromatic heterocycles. The molecule has 102 valence electrons. The second-order valence-electron chi connectivity index (χ2n) is 4.51. The Morgan fingerprint density at radius 3 is 2.58 bits per heavy atom. The van der Waals surface area contributed by atoms with E-state index < -0.39 is 6.04 Å². The summed E-state index contributed by atoms with van der Waals surface area (Å²) in [7, 11) is 3.16. The van der Waals surface area contributed by atoms with Gasteiger partial charge >= 0.3 is 0 Å². The maximum Gasteiger partial charge on any atom is 0.223 e. The van der Waals surface area contributed by atoms with Crippen molar-refractivity contribution in [3.63, 3.8) is 0 Å². The third kappa shape index (κ3) is 2.70. The quantitative estimate of drug-likeness (QED) is 0.476. The van der Waals surface area contributed by atoms with Crippen LogP contribution in [0.2, 0.25) is 0 Å². The van der Waals surface area contributed by atoms with E-state index in [0.717, 1.165) is 5.56 Å². The zero-order valence-electron chi connectivity index (χ0n) is 11.0. The smallest absolute Gasteiger partial charge is 0.223 e. The summed E-state index contributed by atoms with van der Waals surface area (Å²) in [5.74, 6) is 1.19. The van der Waals surface area contributed by atoms with Crippen LogP contribution in [0.5, 0.6) is 11.5 Å². The van der Waals surface area contributed by atoms with Crippen LogP contribution in [0.25, 0.3) is 0 Å². The van der Waals surface area contributed by atoms with Crippen molar-refractivity contribution in [1.82, 2.24) is 0 Å². The van der Waals surface area contributed by atoms with Crippen LogP contribution < -0.4 is 9.47 Å². The number of nitrogens with zero attached hydrogens (tertiary/aromatic N) is 1. The number of benzene rings is 1. The van der Waals surface area contributed by atoms with Gasteiger partial charge in [0.2, 0.25) is 6.04 Å². The van der Waals surface area contributed by atoms with E-state index in [0.29, 0.717) is 24.3 Å². The van der Waals surface area contributed by atoms with Gasteiger partial charge in [-0.2, -0.15) is 0 Å². The van der Waals surface area contributed by atoms with Gasteiger partial charge in [0.1, 0.15) is 11.5 Å². The Balaban J connectivity index is 2.43. The molecule has 0 N–H and O–H groups in total. The zero-order chi connectivity index (χ0) is 13.8. The molecule has 0 amide bonds. The summed E-state index contributed by atoms with van der Waals surface area (Å²) in [6.45, 7) is 0. The number of hydrogen-bond donors (Lipinski definition) is 0. The Kier molecular flexibility index (Phi) is 4.04. The normalized spacial score (nSPS) is 22.0. The Morgan fingerprint density at radius 2 is 1.95 bits per heavy atom. The van der Waals surface area contributed by atoms with Gasteiger partial charge in [-0.25, -0.2) is 0 Å². The lowest BCUT2D eigenvalue weighted by Gasteiger charge is -2.24. The van der Waals surface area contributed by atoms with Gasteiger partial charge in [-0.1, -0.05) is 12.2 Å². The first-order valence-corrected chi connectivity index (χ1v) is 6.17. The predicted octanol–water partition coefficient (Wildman–Crippen LogP) is 2.78. The molecule has 5 heteroatoms. The summed E-state index contributed by atoms with van der Waals surface area (Å²) in [6, 6.07) is 4.82. The Labute approximate surface area is 112 Å². The molecule has 19 heavy (non-hydrogen) atoms. The van der Waals surface area contributed by atoms with E-state index in [9.17, 15) is 10.1 Å². The first-order chi connectivity index (χ1) is 9.17. The molecule has 5 nitrogen and oxygen atoms in total. The number of ether oxygens (including phenoxy) is 2. The monoisotopic (exact) mass is 263 g/mol. The molecule has 0 saturated heterocycles. The van der Waals surface area contributed by atoms with Crippen molar-refractivity contribution in [3.05, 3.63) is 46.0 Å². The standard InChI is InChI=1S/C14H17NO4/c1-18-10-7-8-14(19-2)12(9-10)11-5-3-4-6-13(11)15(16)17/h3-4,7-9,11,13H,5-6H2,1-2H3. The maximum atomic E-state index is 11.2. The maximum absolute atomic E-state index is 11.2. The highest BCUT2D eigenvalue weighted by molar-refractivity contribution is 5.43. The Bertz CT molecular complexity index is 498. The van der Waals surface area contributed by atoms with Gasteiger partial charge in [0.15, 0.2) is 0 Å². The van der Waals surface area contributed by atoms with Crippen molar-refractivity contribution in [2.45, 2.75) is 24.8 Å². The van der Waals surface area contributed by atoms with Crippen molar-refractivity contribution in [1.29, 1.82) is 0 Å². The lowest BCUT2D eigenvalue weighted by Crippen LogP contribution is -2.29. The fraction of sp³-hybridized carbons (Fsp3) is 0.429. The lowest BCUT2D eigenvalue weighted by atomic mass is 9.83. The summed E-state index contributed by atoms with van der Waals surface area (Å²) < 4.78 is 10.5. The molecule has 2 unspecified atom stereocenters. The van der Waals surface area contributed by atoms with Crippen LogP contribution in [0, 0.1) is 10.1 Å². The summed E-state index contributed by atoms with van der Waals surface area (Å²) in [5.41, 5.74) is 0.841. The van der Waals surface area contributed by atoms with Gasteiger partial charge in [0.05, 0.1) is 20.1 Å². The van der Waals surface area contributed by atoms with Gasteiger partial charge in [0.25, 0.3) is 0 Å². The third-order valence-electron chi connectivity index (χ3n) is 3.51. The molecule has 2 rings (SSSR count). The number of rotatable bonds is 4. The number of nitro groups is 1. The molecule has 1 aromatic carbocycles. The van der Waals surface area contributed by atoms with Crippen LogP contribution >= 0.6 is 0 Å². The van der Waals surface area contributed by atoms with Gasteiger partial charge in [-0.05, 0) is 24.6 Å². The number of allylic oxidation sites excluding steroid dienone is 1. The summed E-state index contributed by atoms with van der Waals surface area (Å²) in [5, 5.41) is 11.2. The molecule has 0 spiro atoms. The molecule has 0 saturated carbocycles. The number of methoxy groups -OCH3 is 2. The van der Waals surface area contributed by atoms with Crippen LogP contribution in [0.3, 0.4) is 0 Å². The summed E-state index contributed by atoms with van der Waals surface area (Å²) >= 11 is 0. The third-order valence-corrected chi connectivity index (χ3v) is 3.51. The molecular weight excluding hydrogens is 246 g/mol. The SMILES string of the molecule is COc1ccc(OC)c(C2CC=CCC2[N+](=O)[O-])c1. The van der Waals surface area contributed by atoms with Crippen molar-refractivity contribution >= 4 is 0 Å². The average Bonchev–Trinajstić information content (AvgIpc) is 2.46. The Morgan fingerprint density at radius 1 is 1.21 bits per heavy atom. The lowest BCUT2D eigenvalue weighted by molar-refractivity contribution is -0.526. The van der Waals surface area contributed by atoms with E-state index in [-0.39, 0.29) is 10.8 Å². The molecule has 0 heterocycles. The highest BCUT2D eigenvalue weighted by Gasteiger charge is 2.35. The predicted molar refractivity (Wildman–Crippen MR) is 71.4 cm³/mol. The fourth-order valence-electron chi connectivity index (χ4n) is 2.50. The van der Waals surface area contributed by atoms with E-state index in [1.54, 1.807) is 26.4 Å². The first kappa shape index (κ1) is 13.4. The minimum atomic E-state index is -0.606. The second kappa shape index (κ2) is 5.73. The van der Waals surface area contributed by atoms with Gasteiger partial charge in [-0.15, -0.1) is 0 Å². The number of hydrogen-bond acceptors (Lipinski definition) is 4. The fourth-order valence-corrected chi connectivity index (χ4v) is 2.50. The van der Waals surface area contributed by atoms with E-state index in [2.05, 4.69) is 0 Å². The molecule has 2 atom stereocenters. The Hall–Kier alpha value is -2.04. The van der Waals surface area contributed by atoms with Gasteiger partial charge in [0, 0.05) is 16.9 Å². The highest BCUT2D eigenvalue weighted by Crippen LogP contribution is 2.38. The molecule has 1 aliphatic carbocycles. The van der Waals surface area contributed by atoms with Crippen LogP contribution in [-0.2, 0) is 0 Å². The van der Waals surface area contributed by atoms with Crippen molar-refractivity contribution in [2.24, 2.45) is 0 Å². The first-order valence-electron chi connectivity index (χ1n) is 6.17. The minimum Gasteiger partial charge on any atom is -0.497 e. The van der Waals surface area contributed by atoms with E-state index in [1.807, 2.05) is 18.2 Å². The van der Waals surface area contributed by atoms with Gasteiger partial charge in [-0.3, -0.25) is 10.1 Å². The van der Waals surface area contributed by atoms with Crippen molar-refractivity contribution < 1.29 is 14.4 Å². The van der Waals surface area contributed by atoms with E-state index >= 15 is 0 Å². The zero-order valence-corrected chi connectivity index (χ0v) is 11.0. The van der Waals surface area contributed by atoms with Crippen molar-refractivity contribution in [2.75, 3.05) is 14.2 Å². The van der Waals surface area contributed by atoms with Crippen LogP contribution in [-0.4, -0.2) is 25.2 Å². The van der Waals surface area contributed by atoms with E-state index in [4.69, 9.17) is 9.47 Å². The minimum absolute atomic E-state index is 0.176. The highest BCUT2D eigenvalue weighted by atomic mass is 16.6. The molecule has 0 bridgehead atoms. The molecular formula is C14H17NO4. The molecule has 1 aliphatic rings. The molecule has 0 aliphatic heterocycles. The van der Waals surface area contributed by atoms with Crippen LogP contribution in [0.4, 0.5) is 0 Å². The molecule has 1 aromatic rings. The second-order valence-corrected chi connectivity index (χ2v) is 4.51. The largest absolute Gasteiger partial charge is 0.497 e. The molecule has 0 radical (unpaired) electrons. The van der Waals surface area contributed by atoms with E-state index in [1.165, 1.54) is 0 Å². The topological polar surface area (TPSA) is 61.6 Å². The van der Waals surface area contributed by atoms with Crippen molar-refractivity contribution in [3.8, 4) is 11.5 Å². The average molecular weight is 263 g/mol. The van der Waals surface area contributed by atoms with Crippen LogP contribution in [0.15, 0.2) is 30.4 Å². The molecule has 0 fully saturated rings. The summed E-state index contributed by atoms with van der Waals surface area (Å²) in [4.78, 5) is 11.0. The summed E-state index contributed by atoms with van der Waals surface area (Å²) in [6.07, 6.45) is 4.97. The van der Waals surface area contributed by atoms with Gasteiger partial charge < -0.3 is 9.47 Å².